The predicted octanol–water partition coefficient (Wildman–Crippen LogP) is 1.57. The van der Waals surface area contributed by atoms with Crippen molar-refractivity contribution in [2.75, 3.05) is 26.0 Å². The van der Waals surface area contributed by atoms with E-state index in [1.54, 1.807) is 12.1 Å². The summed E-state index contributed by atoms with van der Waals surface area (Å²) in [4.78, 5) is 11.3. The highest BCUT2D eigenvalue weighted by molar-refractivity contribution is 7.88. The molecule has 0 radical (unpaired) electrons. The number of hydrogen-bond donors (Lipinski definition) is 1. The van der Waals surface area contributed by atoms with Gasteiger partial charge in [0, 0.05) is 42.7 Å². The largest absolute Gasteiger partial charge is 0.492 e. The van der Waals surface area contributed by atoms with Gasteiger partial charge in [0.2, 0.25) is 10.0 Å². The molecule has 1 atom stereocenters. The molecule has 0 amide bonds. The molecule has 1 aromatic carbocycles. The van der Waals surface area contributed by atoms with Gasteiger partial charge >= 0.3 is 5.63 Å². The molecule has 1 aromatic heterocycles. The first kappa shape index (κ1) is 18.9. The summed E-state index contributed by atoms with van der Waals surface area (Å²) in [6.07, 6.45) is 2.83. The van der Waals surface area contributed by atoms with Crippen LogP contribution in [0, 0.1) is 0 Å². The van der Waals surface area contributed by atoms with Crippen LogP contribution in [0.3, 0.4) is 0 Å². The highest BCUT2D eigenvalue weighted by Gasteiger charge is 2.25. The highest BCUT2D eigenvalue weighted by atomic mass is 32.2. The summed E-state index contributed by atoms with van der Waals surface area (Å²) in [6.45, 7) is 3.60. The summed E-state index contributed by atoms with van der Waals surface area (Å²) in [5, 5.41) is 4.34. The Morgan fingerprint density at radius 2 is 1.96 bits per heavy atom. The lowest BCUT2D eigenvalue weighted by molar-refractivity contribution is 0.229. The number of rotatable bonds is 6. The fraction of sp³-hybridized carbons (Fsp3) is 0.500. The lowest BCUT2D eigenvalue weighted by Crippen LogP contribution is -2.48. The molecule has 1 fully saturated rings. The van der Waals surface area contributed by atoms with E-state index in [9.17, 15) is 13.2 Å². The van der Waals surface area contributed by atoms with E-state index in [1.807, 2.05) is 19.1 Å². The summed E-state index contributed by atoms with van der Waals surface area (Å²) >= 11 is 0. The Morgan fingerprint density at radius 3 is 2.65 bits per heavy atom. The third kappa shape index (κ3) is 4.84. The van der Waals surface area contributed by atoms with E-state index in [1.165, 1.54) is 16.6 Å². The Kier molecular flexibility index (Phi) is 5.64. The Hall–Kier alpha value is -1.90. The van der Waals surface area contributed by atoms with Crippen LogP contribution in [0.5, 0.6) is 5.75 Å². The minimum atomic E-state index is -3.10. The number of ether oxygens (including phenoxy) is 1. The average molecular weight is 380 g/mol. The van der Waals surface area contributed by atoms with Gasteiger partial charge in [-0.1, -0.05) is 0 Å². The highest BCUT2D eigenvalue weighted by Crippen LogP contribution is 2.20. The van der Waals surface area contributed by atoms with E-state index >= 15 is 0 Å². The second kappa shape index (κ2) is 7.77. The molecule has 0 saturated carbocycles. The third-order valence-electron chi connectivity index (χ3n) is 4.54. The van der Waals surface area contributed by atoms with Crippen molar-refractivity contribution < 1.29 is 17.6 Å². The van der Waals surface area contributed by atoms with Gasteiger partial charge in [-0.2, -0.15) is 0 Å². The molecule has 8 heteroatoms. The summed E-state index contributed by atoms with van der Waals surface area (Å²) in [6, 6.07) is 8.92. The van der Waals surface area contributed by atoms with Gasteiger partial charge in [-0.25, -0.2) is 17.5 Å². The molecule has 142 valence electrons. The zero-order valence-electron chi connectivity index (χ0n) is 15.0. The van der Waals surface area contributed by atoms with Crippen LogP contribution < -0.4 is 15.7 Å². The Balaban J connectivity index is 1.50. The Labute approximate surface area is 153 Å². The summed E-state index contributed by atoms with van der Waals surface area (Å²) < 4.78 is 35.6. The molecule has 2 heterocycles. The van der Waals surface area contributed by atoms with Crippen molar-refractivity contribution in [3.63, 3.8) is 0 Å². The molecule has 2 aromatic rings. The minimum absolute atomic E-state index is 0.114. The van der Waals surface area contributed by atoms with Crippen LogP contribution in [-0.2, 0) is 10.0 Å². The van der Waals surface area contributed by atoms with Crippen LogP contribution in [0.25, 0.3) is 11.0 Å². The van der Waals surface area contributed by atoms with Gasteiger partial charge in [-0.3, -0.25) is 0 Å². The second-order valence-electron chi connectivity index (χ2n) is 6.77. The smallest absolute Gasteiger partial charge is 0.336 e. The zero-order valence-corrected chi connectivity index (χ0v) is 15.8. The lowest BCUT2D eigenvalue weighted by atomic mass is 10.1. The monoisotopic (exact) mass is 380 g/mol. The molecule has 1 aliphatic rings. The molecular formula is C18H24N2O5S. The molecule has 1 aliphatic heterocycles. The van der Waals surface area contributed by atoms with Crippen LogP contribution in [0.15, 0.2) is 39.5 Å². The average Bonchev–Trinajstić information content (AvgIpc) is 2.59. The fourth-order valence-electron chi connectivity index (χ4n) is 3.16. The summed E-state index contributed by atoms with van der Waals surface area (Å²) in [5.41, 5.74) is 0.119. The van der Waals surface area contributed by atoms with E-state index in [0.717, 1.165) is 18.2 Å². The maximum absolute atomic E-state index is 11.5. The maximum atomic E-state index is 11.5. The van der Waals surface area contributed by atoms with Crippen molar-refractivity contribution in [2.24, 2.45) is 0 Å². The van der Waals surface area contributed by atoms with Crippen molar-refractivity contribution in [3.05, 3.63) is 40.8 Å². The molecule has 1 unspecified atom stereocenters. The summed E-state index contributed by atoms with van der Waals surface area (Å²) in [7, 11) is -3.10. The predicted molar refractivity (Wildman–Crippen MR) is 100 cm³/mol. The summed E-state index contributed by atoms with van der Waals surface area (Å²) in [5.74, 6) is 0.646. The first-order chi connectivity index (χ1) is 12.3. The van der Waals surface area contributed by atoms with E-state index in [4.69, 9.17) is 9.15 Å². The first-order valence-corrected chi connectivity index (χ1v) is 10.5. The van der Waals surface area contributed by atoms with Crippen molar-refractivity contribution in [2.45, 2.75) is 31.8 Å². The number of nitrogens with one attached hydrogen (secondary N) is 1. The normalized spacial score (nSPS) is 18.1. The zero-order chi connectivity index (χ0) is 18.7. The number of fused-ring (bicyclic) bond motifs is 1. The molecule has 0 bridgehead atoms. The van der Waals surface area contributed by atoms with Crippen molar-refractivity contribution in [3.8, 4) is 5.75 Å². The van der Waals surface area contributed by atoms with Crippen LogP contribution >= 0.6 is 0 Å². The Bertz CT molecular complexity index is 917. The van der Waals surface area contributed by atoms with E-state index < -0.39 is 10.0 Å². The molecular weight excluding hydrogens is 356 g/mol. The van der Waals surface area contributed by atoms with Gasteiger partial charge in [0.15, 0.2) is 0 Å². The molecule has 0 spiro atoms. The molecule has 26 heavy (non-hydrogen) atoms. The van der Waals surface area contributed by atoms with Gasteiger partial charge in [-0.15, -0.1) is 0 Å². The van der Waals surface area contributed by atoms with Gasteiger partial charge in [0.05, 0.1) is 6.26 Å². The SMILES string of the molecule is CC(COc1ccc2ccc(=O)oc2c1)NC1CCN(S(C)(=O)=O)CC1. The molecule has 1 saturated heterocycles. The Morgan fingerprint density at radius 1 is 1.27 bits per heavy atom. The molecule has 3 rings (SSSR count). The van der Waals surface area contributed by atoms with Crippen LogP contribution in [0.2, 0.25) is 0 Å². The molecule has 7 nitrogen and oxygen atoms in total. The van der Waals surface area contributed by atoms with Gasteiger partial charge in [-0.05, 0) is 38.0 Å². The maximum Gasteiger partial charge on any atom is 0.336 e. The van der Waals surface area contributed by atoms with Gasteiger partial charge in [0.25, 0.3) is 0 Å². The standard InChI is InChI=1S/C18H24N2O5S/c1-13(19-15-7-9-20(10-8-15)26(2,22)23)12-24-16-5-3-14-4-6-18(21)25-17(14)11-16/h3-6,11,13,15,19H,7-10,12H2,1-2H3. The number of benzene rings is 1. The van der Waals surface area contributed by atoms with E-state index in [2.05, 4.69) is 5.32 Å². The van der Waals surface area contributed by atoms with Crippen molar-refractivity contribution >= 4 is 21.0 Å². The van der Waals surface area contributed by atoms with Crippen LogP contribution in [0.4, 0.5) is 0 Å². The topological polar surface area (TPSA) is 88.8 Å². The van der Waals surface area contributed by atoms with Gasteiger partial charge < -0.3 is 14.5 Å². The van der Waals surface area contributed by atoms with E-state index in [-0.39, 0.29) is 17.7 Å². The van der Waals surface area contributed by atoms with Crippen molar-refractivity contribution in [1.29, 1.82) is 0 Å². The number of sulfonamides is 1. The fourth-order valence-corrected chi connectivity index (χ4v) is 4.03. The number of nitrogens with zero attached hydrogens (tertiary/aromatic N) is 1. The molecule has 0 aliphatic carbocycles. The van der Waals surface area contributed by atoms with Crippen LogP contribution in [-0.4, -0.2) is 50.8 Å². The first-order valence-electron chi connectivity index (χ1n) is 8.69. The number of hydrogen-bond acceptors (Lipinski definition) is 6. The molecule has 1 N–H and O–H groups in total. The van der Waals surface area contributed by atoms with Crippen LogP contribution in [0.1, 0.15) is 19.8 Å². The number of piperidine rings is 1. The lowest BCUT2D eigenvalue weighted by Gasteiger charge is -2.32. The quantitative estimate of drug-likeness (QED) is 0.766. The van der Waals surface area contributed by atoms with E-state index in [0.29, 0.717) is 31.0 Å². The third-order valence-corrected chi connectivity index (χ3v) is 5.84. The van der Waals surface area contributed by atoms with Gasteiger partial charge in [0.1, 0.15) is 17.9 Å². The minimum Gasteiger partial charge on any atom is -0.492 e. The van der Waals surface area contributed by atoms with Crippen molar-refractivity contribution in [1.82, 2.24) is 9.62 Å². The second-order valence-corrected chi connectivity index (χ2v) is 8.75.